The normalized spacial score (nSPS) is 9.62. The Morgan fingerprint density at radius 2 is 1.65 bits per heavy atom. The van der Waals surface area contributed by atoms with E-state index >= 15 is 0 Å². The summed E-state index contributed by atoms with van der Waals surface area (Å²) in [6, 6.07) is 14.5. The molecule has 0 saturated carbocycles. The summed E-state index contributed by atoms with van der Waals surface area (Å²) in [5.74, 6) is -2.74. The van der Waals surface area contributed by atoms with Gasteiger partial charge in [0.15, 0.2) is 11.9 Å². The van der Waals surface area contributed by atoms with Crippen LogP contribution in [-0.2, 0) is 40.4 Å². The number of carbonyl (C=O) groups excluding carboxylic acids is 2. The van der Waals surface area contributed by atoms with Crippen LogP contribution in [0.15, 0.2) is 48.5 Å². The molecule has 0 aliphatic carbocycles. The maximum atomic E-state index is 11.4. The molecule has 0 spiro atoms. The van der Waals surface area contributed by atoms with Crippen molar-refractivity contribution < 1.29 is 45.3 Å². The van der Waals surface area contributed by atoms with Crippen LogP contribution in [0.3, 0.4) is 0 Å². The number of esters is 1. The summed E-state index contributed by atoms with van der Waals surface area (Å²) >= 11 is 0.963. The minimum absolute atomic E-state index is 0.259. The number of nitrogen functional groups attached to an aromatic ring is 1. The predicted molar refractivity (Wildman–Crippen MR) is 89.9 cm³/mol. The van der Waals surface area contributed by atoms with Crippen molar-refractivity contribution in [3.63, 3.8) is 0 Å². The fourth-order valence-corrected chi connectivity index (χ4v) is 1.94. The van der Waals surface area contributed by atoms with Gasteiger partial charge in [0.25, 0.3) is 0 Å². The third-order valence-corrected chi connectivity index (χ3v) is 3.02. The molecule has 0 fully saturated rings. The van der Waals surface area contributed by atoms with Gasteiger partial charge in [-0.05, 0) is 41.8 Å². The number of hydrogen-bond donors (Lipinski definition) is 4. The second-order valence-electron chi connectivity index (χ2n) is 4.93. The van der Waals surface area contributed by atoms with Crippen molar-refractivity contribution in [2.75, 3.05) is 11.1 Å². The van der Waals surface area contributed by atoms with Gasteiger partial charge in [-0.15, -0.1) is 0 Å². The molecule has 0 radical (unpaired) electrons. The van der Waals surface area contributed by atoms with Crippen LogP contribution in [0.25, 0.3) is 0 Å². The van der Waals surface area contributed by atoms with E-state index in [2.05, 4.69) is 14.0 Å². The predicted octanol–water partition coefficient (Wildman–Crippen LogP) is 2.52. The molecule has 0 heterocycles. The zero-order chi connectivity index (χ0) is 20.2. The number of aliphatic carboxylic acids is 1. The van der Waals surface area contributed by atoms with Crippen molar-refractivity contribution >= 4 is 29.4 Å². The van der Waals surface area contributed by atoms with Gasteiger partial charge >= 0.3 is 31.0 Å². The average molecular weight is 528 g/mol. The van der Waals surface area contributed by atoms with E-state index in [0.29, 0.717) is 17.8 Å². The first-order valence-electron chi connectivity index (χ1n) is 7.59. The van der Waals surface area contributed by atoms with Crippen molar-refractivity contribution in [1.29, 1.82) is 3.91 Å². The van der Waals surface area contributed by atoms with E-state index in [-0.39, 0.29) is 6.42 Å². The molecule has 0 aliphatic heterocycles. The first-order chi connectivity index (χ1) is 12.8. The van der Waals surface area contributed by atoms with Gasteiger partial charge < -0.3 is 15.6 Å². The number of anilines is 2. The summed E-state index contributed by atoms with van der Waals surface area (Å²) in [5.41, 5.74) is 8.88. The molecule has 0 atom stereocenters. The van der Waals surface area contributed by atoms with E-state index in [9.17, 15) is 14.4 Å². The van der Waals surface area contributed by atoms with Crippen molar-refractivity contribution in [3.8, 4) is 0 Å². The number of carboxylic acids is 1. The molecular weight excluding hydrogens is 510 g/mol. The van der Waals surface area contributed by atoms with Gasteiger partial charge in [0.05, 0.1) is 0 Å². The molecule has 0 aliphatic rings. The van der Waals surface area contributed by atoms with Crippen LogP contribution in [0.5, 0.6) is 0 Å². The van der Waals surface area contributed by atoms with Gasteiger partial charge in [0, 0.05) is 11.4 Å². The molecule has 26 heavy (non-hydrogen) atoms. The van der Waals surface area contributed by atoms with Gasteiger partial charge in [-0.25, -0.2) is 4.79 Å². The first kappa shape index (κ1) is 19.3. The molecule has 0 bridgehead atoms. The molecule has 2 rings (SSSR count). The number of benzene rings is 2. The van der Waals surface area contributed by atoms with Crippen LogP contribution in [0.4, 0.5) is 16.2 Å². The van der Waals surface area contributed by atoms with Crippen molar-refractivity contribution in [2.24, 2.45) is 0 Å². The standard InChI is InChI=1S/C17H15N2O5.HN.W/c18-13-5-1-11(2-6-13)9-12-3-7-14(8-4-12)19-17(23)24-16(22)10-15(20)21;;/h1-8,10H,9,18H2,(H,19,23)(H,20,21);1H;/q-1;;/i;1T;. The van der Waals surface area contributed by atoms with Crippen LogP contribution in [0.2, 0.25) is 1.41 Å². The number of carboxylic acid groups (broad SMARTS) is 1. The number of nitrogens with two attached hydrogens (primary N) is 1. The minimum atomic E-state index is -1.49. The molecule has 0 aromatic heterocycles. The van der Waals surface area contributed by atoms with Crippen LogP contribution in [0.1, 0.15) is 11.1 Å². The summed E-state index contributed by atoms with van der Waals surface area (Å²) in [5, 5.41) is 10.7. The Morgan fingerprint density at radius 1 is 1.15 bits per heavy atom. The Balaban J connectivity index is 0.00000114. The Labute approximate surface area is 162 Å². The average Bonchev–Trinajstić information content (AvgIpc) is 2.58. The molecule has 8 nitrogen and oxygen atoms in total. The van der Waals surface area contributed by atoms with E-state index in [0.717, 1.165) is 30.8 Å². The Bertz CT molecular complexity index is 797. The topological polar surface area (TPSA) is 143 Å². The van der Waals surface area contributed by atoms with Crippen LogP contribution >= 0.6 is 0 Å². The van der Waals surface area contributed by atoms with E-state index in [4.69, 9.17) is 12.3 Å². The molecule has 1 amide bonds. The first-order valence-corrected chi connectivity index (χ1v) is 8.45. The summed E-state index contributed by atoms with van der Waals surface area (Å²) in [6.07, 6.45) is -0.0874. The van der Waals surface area contributed by atoms with Crippen molar-refractivity contribution in [2.45, 2.75) is 6.42 Å². The number of amides is 1. The maximum absolute atomic E-state index is 11.4. The SMILES string of the molecule is Nc1ccc(Cc2ccc(NC(=O)OC(=O)[CH-]C(=O)O)cc2)cc1.[3H][N]=[W]. The molecule has 0 unspecified atom stereocenters. The molecule has 5 N–H and O–H groups in total. The number of hydrogen-bond acceptors (Lipinski definition) is 6. The summed E-state index contributed by atoms with van der Waals surface area (Å²) in [6.45, 7) is 0. The van der Waals surface area contributed by atoms with Crippen molar-refractivity contribution in [3.05, 3.63) is 66.1 Å². The molecular formula is C17H16N3O5W-. The van der Waals surface area contributed by atoms with Gasteiger partial charge in [-0.3, -0.25) is 14.9 Å². The summed E-state index contributed by atoms with van der Waals surface area (Å²) < 4.78 is 13.0. The zero-order valence-electron chi connectivity index (χ0n) is 14.4. The number of nitrogens with one attached hydrogen (secondary N) is 2. The van der Waals surface area contributed by atoms with Gasteiger partial charge in [0.2, 0.25) is 0 Å². The van der Waals surface area contributed by atoms with E-state index in [1.807, 2.05) is 36.4 Å². The van der Waals surface area contributed by atoms with E-state index in [1.54, 1.807) is 12.1 Å². The van der Waals surface area contributed by atoms with Crippen LogP contribution in [-0.4, -0.2) is 23.1 Å². The monoisotopic (exact) mass is 528 g/mol. The van der Waals surface area contributed by atoms with Gasteiger partial charge in [-0.2, -0.15) is 6.42 Å². The molecule has 2 aromatic rings. The number of rotatable bonds is 5. The van der Waals surface area contributed by atoms with Crippen LogP contribution < -0.4 is 11.1 Å². The Hall–Kier alpha value is -2.99. The number of ether oxygens (including phenoxy) is 1. The third-order valence-electron chi connectivity index (χ3n) is 3.02. The fraction of sp³-hybridized carbons (Fsp3) is 0.0588. The third kappa shape index (κ3) is 7.72. The van der Waals surface area contributed by atoms with Gasteiger partial charge in [-0.1, -0.05) is 24.3 Å². The van der Waals surface area contributed by atoms with E-state index in [1.165, 1.54) is 0 Å². The zero-order valence-corrected chi connectivity index (χ0v) is 16.3. The quantitative estimate of drug-likeness (QED) is 0.203. The Kier molecular flexibility index (Phi) is 8.02. The second-order valence-corrected chi connectivity index (χ2v) is 4.93. The van der Waals surface area contributed by atoms with Crippen molar-refractivity contribution in [1.82, 2.24) is 0 Å². The van der Waals surface area contributed by atoms with E-state index < -0.39 is 18.0 Å². The fourth-order valence-electron chi connectivity index (χ4n) is 1.94. The molecule has 0 saturated heterocycles. The molecule has 136 valence electrons. The molecule has 2 aromatic carbocycles. The summed E-state index contributed by atoms with van der Waals surface area (Å²) in [7, 11) is 0. The van der Waals surface area contributed by atoms with Gasteiger partial charge in [0.1, 0.15) is 0 Å². The molecule has 9 heteroatoms. The van der Waals surface area contributed by atoms with Crippen LogP contribution in [0, 0.1) is 10.3 Å². The Morgan fingerprint density at radius 3 is 2.15 bits per heavy atom. The summed E-state index contributed by atoms with van der Waals surface area (Å²) in [4.78, 5) is 32.7. The second kappa shape index (κ2) is 10.8. The number of carbonyl (C=O) groups is 3.